The molecule has 0 unspecified atom stereocenters. The summed E-state index contributed by atoms with van der Waals surface area (Å²) in [6, 6.07) is 5.71. The highest BCUT2D eigenvalue weighted by Crippen LogP contribution is 2.28. The van der Waals surface area contributed by atoms with Crippen molar-refractivity contribution in [1.29, 1.82) is 0 Å². The molecule has 1 N–H and O–H groups in total. The molecule has 0 spiro atoms. The lowest BCUT2D eigenvalue weighted by molar-refractivity contribution is 0.349. The van der Waals surface area contributed by atoms with Gasteiger partial charge in [-0.25, -0.2) is 0 Å². The van der Waals surface area contributed by atoms with Crippen LogP contribution in [0.5, 0.6) is 5.75 Å². The van der Waals surface area contributed by atoms with E-state index in [-0.39, 0.29) is 0 Å². The molecule has 0 aliphatic carbocycles. The second-order valence-corrected chi connectivity index (χ2v) is 3.09. The number of rotatable bonds is 0. The average molecular weight is 149 g/mol. The highest BCUT2D eigenvalue weighted by molar-refractivity contribution is 5.41. The maximum absolute atomic E-state index is 9.42. The number of phenolic OH excluding ortho intramolecular Hbond substituents is 1. The maximum Gasteiger partial charge on any atom is 0.120 e. The topological polar surface area (TPSA) is 23.5 Å². The van der Waals surface area contributed by atoms with Crippen molar-refractivity contribution < 1.29 is 5.11 Å². The third-order valence-corrected chi connectivity index (χ3v) is 2.12. The molecule has 0 aromatic heterocycles. The van der Waals surface area contributed by atoms with Crippen molar-refractivity contribution >= 4 is 0 Å². The van der Waals surface area contributed by atoms with E-state index in [0.717, 1.165) is 18.7 Å². The minimum absolute atomic E-state index is 0.437. The molecule has 58 valence electrons. The summed E-state index contributed by atoms with van der Waals surface area (Å²) >= 11 is 0. The van der Waals surface area contributed by atoms with Gasteiger partial charge in [0.15, 0.2) is 0 Å². The fourth-order valence-electron chi connectivity index (χ4n) is 1.57. The quantitative estimate of drug-likeness (QED) is 0.601. The molecule has 0 saturated heterocycles. The molecular formula is C9H11NO. The molecule has 11 heavy (non-hydrogen) atoms. The largest absolute Gasteiger partial charge is 0.508 e. The smallest absolute Gasteiger partial charge is 0.120 e. The fraction of sp³-hybridized carbons (Fsp3) is 0.333. The number of benzene rings is 1. The molecule has 2 heteroatoms. The second-order valence-electron chi connectivity index (χ2n) is 3.09. The van der Waals surface area contributed by atoms with Crippen LogP contribution in [0.25, 0.3) is 0 Å². The monoisotopic (exact) mass is 149 g/mol. The van der Waals surface area contributed by atoms with Gasteiger partial charge in [-0.15, -0.1) is 0 Å². The van der Waals surface area contributed by atoms with Gasteiger partial charge in [-0.05, 0) is 18.7 Å². The second kappa shape index (κ2) is 2.24. The molecular weight excluding hydrogens is 138 g/mol. The minimum atomic E-state index is 0.437. The number of phenols is 1. The van der Waals surface area contributed by atoms with Crippen LogP contribution in [0.4, 0.5) is 0 Å². The number of hydrogen-bond donors (Lipinski definition) is 1. The van der Waals surface area contributed by atoms with E-state index in [1.165, 1.54) is 5.56 Å². The van der Waals surface area contributed by atoms with Gasteiger partial charge >= 0.3 is 0 Å². The van der Waals surface area contributed by atoms with Gasteiger partial charge in [-0.2, -0.15) is 0 Å². The number of aromatic hydroxyl groups is 1. The molecule has 0 atom stereocenters. The van der Waals surface area contributed by atoms with Gasteiger partial charge in [-0.3, -0.25) is 4.90 Å². The van der Waals surface area contributed by atoms with E-state index in [0.29, 0.717) is 5.75 Å². The molecule has 1 aromatic rings. The van der Waals surface area contributed by atoms with E-state index < -0.39 is 0 Å². The first-order valence-corrected chi connectivity index (χ1v) is 3.75. The Morgan fingerprint density at radius 2 is 2.18 bits per heavy atom. The lowest BCUT2D eigenvalue weighted by Crippen LogP contribution is -2.07. The first-order valence-electron chi connectivity index (χ1n) is 3.75. The van der Waals surface area contributed by atoms with Crippen LogP contribution in [0.1, 0.15) is 11.1 Å². The number of hydrogen-bond acceptors (Lipinski definition) is 2. The summed E-state index contributed by atoms with van der Waals surface area (Å²) in [5.74, 6) is 0.437. The molecule has 0 fully saturated rings. The summed E-state index contributed by atoms with van der Waals surface area (Å²) < 4.78 is 0. The normalized spacial score (nSPS) is 16.8. The van der Waals surface area contributed by atoms with Crippen LogP contribution in [0.2, 0.25) is 0 Å². The van der Waals surface area contributed by atoms with Crippen molar-refractivity contribution in [3.63, 3.8) is 0 Å². The fourth-order valence-corrected chi connectivity index (χ4v) is 1.57. The van der Waals surface area contributed by atoms with Crippen molar-refractivity contribution in [2.75, 3.05) is 7.05 Å². The van der Waals surface area contributed by atoms with E-state index in [4.69, 9.17) is 0 Å². The Kier molecular flexibility index (Phi) is 1.36. The summed E-state index contributed by atoms with van der Waals surface area (Å²) in [7, 11) is 2.06. The molecule has 1 aliphatic rings. The lowest BCUT2D eigenvalue weighted by Gasteiger charge is -2.03. The molecule has 0 radical (unpaired) electrons. The highest BCUT2D eigenvalue weighted by Gasteiger charge is 2.17. The van der Waals surface area contributed by atoms with Gasteiger partial charge in [-0.1, -0.05) is 12.1 Å². The van der Waals surface area contributed by atoms with Gasteiger partial charge < -0.3 is 5.11 Å². The average Bonchev–Trinajstić information content (AvgIpc) is 2.31. The Bertz CT molecular complexity index is 283. The zero-order valence-electron chi connectivity index (χ0n) is 6.54. The first kappa shape index (κ1) is 6.68. The Morgan fingerprint density at radius 3 is 2.91 bits per heavy atom. The van der Waals surface area contributed by atoms with Gasteiger partial charge in [0.2, 0.25) is 0 Å². The van der Waals surface area contributed by atoms with Crippen LogP contribution < -0.4 is 0 Å². The van der Waals surface area contributed by atoms with Crippen LogP contribution in [-0.2, 0) is 13.1 Å². The predicted octanol–water partition coefficient (Wildman–Crippen LogP) is 1.34. The van der Waals surface area contributed by atoms with Crippen molar-refractivity contribution in [2.45, 2.75) is 13.1 Å². The van der Waals surface area contributed by atoms with Crippen LogP contribution in [-0.4, -0.2) is 17.1 Å². The third-order valence-electron chi connectivity index (χ3n) is 2.12. The van der Waals surface area contributed by atoms with Crippen molar-refractivity contribution in [1.82, 2.24) is 4.90 Å². The summed E-state index contributed by atoms with van der Waals surface area (Å²) in [6.07, 6.45) is 0. The Hall–Kier alpha value is -1.02. The molecule has 0 bridgehead atoms. The van der Waals surface area contributed by atoms with Crippen LogP contribution in [0, 0.1) is 0 Å². The van der Waals surface area contributed by atoms with Gasteiger partial charge in [0.25, 0.3) is 0 Å². The number of fused-ring (bicyclic) bond motifs is 1. The minimum Gasteiger partial charge on any atom is -0.508 e. The van der Waals surface area contributed by atoms with E-state index in [1.54, 1.807) is 6.07 Å². The third kappa shape index (κ3) is 0.994. The van der Waals surface area contributed by atoms with E-state index in [2.05, 4.69) is 18.0 Å². The van der Waals surface area contributed by atoms with Gasteiger partial charge in [0, 0.05) is 18.7 Å². The van der Waals surface area contributed by atoms with E-state index in [1.807, 2.05) is 6.07 Å². The molecule has 0 amide bonds. The van der Waals surface area contributed by atoms with Crippen LogP contribution in [0.3, 0.4) is 0 Å². The molecule has 2 nitrogen and oxygen atoms in total. The molecule has 1 aliphatic heterocycles. The summed E-state index contributed by atoms with van der Waals surface area (Å²) in [6.45, 7) is 1.84. The Balaban J connectivity index is 2.49. The Morgan fingerprint density at radius 1 is 1.36 bits per heavy atom. The zero-order valence-corrected chi connectivity index (χ0v) is 6.54. The molecule has 1 aromatic carbocycles. The molecule has 0 saturated carbocycles. The summed E-state index contributed by atoms with van der Waals surface area (Å²) in [5, 5.41) is 9.42. The highest BCUT2D eigenvalue weighted by atomic mass is 16.3. The van der Waals surface area contributed by atoms with Gasteiger partial charge in [0.05, 0.1) is 0 Å². The van der Waals surface area contributed by atoms with Gasteiger partial charge in [0.1, 0.15) is 5.75 Å². The first-order chi connectivity index (χ1) is 5.27. The Labute approximate surface area is 66.1 Å². The summed E-state index contributed by atoms with van der Waals surface area (Å²) in [5.41, 5.74) is 2.35. The zero-order chi connectivity index (χ0) is 7.84. The summed E-state index contributed by atoms with van der Waals surface area (Å²) in [4.78, 5) is 2.18. The van der Waals surface area contributed by atoms with Crippen molar-refractivity contribution in [2.24, 2.45) is 0 Å². The molecule has 2 rings (SSSR count). The number of nitrogens with zero attached hydrogens (tertiary/aromatic N) is 1. The molecule has 1 heterocycles. The van der Waals surface area contributed by atoms with Crippen LogP contribution in [0.15, 0.2) is 18.2 Å². The predicted molar refractivity (Wildman–Crippen MR) is 43.3 cm³/mol. The lowest BCUT2D eigenvalue weighted by atomic mass is 10.1. The standard InChI is InChI=1S/C9H11NO/c1-10-5-7-3-2-4-9(11)8(7)6-10/h2-4,11H,5-6H2,1H3. The maximum atomic E-state index is 9.42. The van der Waals surface area contributed by atoms with Crippen molar-refractivity contribution in [3.05, 3.63) is 29.3 Å². The van der Waals surface area contributed by atoms with E-state index in [9.17, 15) is 5.11 Å². The SMILES string of the molecule is CN1Cc2cccc(O)c2C1. The van der Waals surface area contributed by atoms with E-state index >= 15 is 0 Å². The van der Waals surface area contributed by atoms with Crippen LogP contribution >= 0.6 is 0 Å². The van der Waals surface area contributed by atoms with Crippen molar-refractivity contribution in [3.8, 4) is 5.75 Å².